The molecule has 0 fully saturated rings. The third-order valence-electron chi connectivity index (χ3n) is 2.19. The summed E-state index contributed by atoms with van der Waals surface area (Å²) in [4.78, 5) is 0. The van der Waals surface area contributed by atoms with Crippen molar-refractivity contribution in [3.63, 3.8) is 0 Å². The summed E-state index contributed by atoms with van der Waals surface area (Å²) in [7, 11) is 1.99. The molecule has 0 rings (SSSR count). The molecule has 74 valence electrons. The molecule has 0 heterocycles. The van der Waals surface area contributed by atoms with Gasteiger partial charge in [-0.05, 0) is 39.3 Å². The molecule has 0 saturated carbocycles. The predicted octanol–water partition coefficient (Wildman–Crippen LogP) is 1.90. The highest BCUT2D eigenvalue weighted by atomic mass is 16.5. The van der Waals surface area contributed by atoms with E-state index in [1.165, 1.54) is 0 Å². The summed E-state index contributed by atoms with van der Waals surface area (Å²) >= 11 is 0. The van der Waals surface area contributed by atoms with Crippen molar-refractivity contribution in [2.45, 2.75) is 33.8 Å². The van der Waals surface area contributed by atoms with Gasteiger partial charge in [0.15, 0.2) is 0 Å². The topological polar surface area (TPSA) is 21.3 Å². The van der Waals surface area contributed by atoms with Crippen LogP contribution in [0.15, 0.2) is 0 Å². The van der Waals surface area contributed by atoms with Gasteiger partial charge < -0.3 is 10.1 Å². The lowest BCUT2D eigenvalue weighted by molar-refractivity contribution is 0.0424. The van der Waals surface area contributed by atoms with Crippen molar-refractivity contribution in [1.29, 1.82) is 0 Å². The van der Waals surface area contributed by atoms with Crippen LogP contribution in [0.2, 0.25) is 0 Å². The number of hydrogen-bond donors (Lipinski definition) is 1. The van der Waals surface area contributed by atoms with E-state index in [-0.39, 0.29) is 0 Å². The maximum atomic E-state index is 5.54. The summed E-state index contributed by atoms with van der Waals surface area (Å²) in [5.74, 6) is 1.33. The van der Waals surface area contributed by atoms with E-state index in [0.717, 1.165) is 13.2 Å². The lowest BCUT2D eigenvalue weighted by Crippen LogP contribution is -2.25. The Hall–Kier alpha value is -0.0800. The third kappa shape index (κ3) is 5.56. The second-order valence-electron chi connectivity index (χ2n) is 3.89. The van der Waals surface area contributed by atoms with Crippen LogP contribution in [0.1, 0.15) is 27.7 Å². The van der Waals surface area contributed by atoms with Crippen LogP contribution < -0.4 is 5.32 Å². The van der Waals surface area contributed by atoms with Gasteiger partial charge in [-0.2, -0.15) is 0 Å². The molecule has 2 heteroatoms. The molecule has 1 N–H and O–H groups in total. The van der Waals surface area contributed by atoms with Crippen LogP contribution in [-0.2, 0) is 4.74 Å². The summed E-state index contributed by atoms with van der Waals surface area (Å²) < 4.78 is 5.54. The van der Waals surface area contributed by atoms with Gasteiger partial charge in [0.25, 0.3) is 0 Å². The number of ether oxygens (including phenoxy) is 1. The summed E-state index contributed by atoms with van der Waals surface area (Å²) in [5.41, 5.74) is 0. The first kappa shape index (κ1) is 11.9. The minimum absolute atomic E-state index is 0.356. The summed E-state index contributed by atoms with van der Waals surface area (Å²) in [6, 6.07) is 0. The van der Waals surface area contributed by atoms with Crippen LogP contribution in [0.4, 0.5) is 0 Å². The second-order valence-corrected chi connectivity index (χ2v) is 3.89. The highest BCUT2D eigenvalue weighted by Gasteiger charge is 2.11. The van der Waals surface area contributed by atoms with Crippen LogP contribution in [0.3, 0.4) is 0 Å². The highest BCUT2D eigenvalue weighted by molar-refractivity contribution is 4.63. The van der Waals surface area contributed by atoms with Gasteiger partial charge in [0, 0.05) is 6.61 Å². The Bertz CT molecular complexity index is 104. The predicted molar refractivity (Wildman–Crippen MR) is 53.3 cm³/mol. The van der Waals surface area contributed by atoms with Crippen LogP contribution in [-0.4, -0.2) is 26.3 Å². The maximum absolute atomic E-state index is 5.54. The van der Waals surface area contributed by atoms with Gasteiger partial charge in [0.05, 0.1) is 6.10 Å². The van der Waals surface area contributed by atoms with Crippen molar-refractivity contribution in [3.8, 4) is 0 Å². The van der Waals surface area contributed by atoms with Gasteiger partial charge in [-0.3, -0.25) is 0 Å². The van der Waals surface area contributed by atoms with E-state index < -0.39 is 0 Å². The molecule has 2 nitrogen and oxygen atoms in total. The van der Waals surface area contributed by atoms with E-state index in [9.17, 15) is 0 Å². The second kappa shape index (κ2) is 6.44. The molecule has 0 aliphatic heterocycles. The van der Waals surface area contributed by atoms with Crippen LogP contribution in [0.25, 0.3) is 0 Å². The molecule has 0 aliphatic rings. The van der Waals surface area contributed by atoms with Gasteiger partial charge in [-0.1, -0.05) is 13.8 Å². The molecule has 0 amide bonds. The van der Waals surface area contributed by atoms with Crippen molar-refractivity contribution in [3.05, 3.63) is 0 Å². The summed E-state index contributed by atoms with van der Waals surface area (Å²) in [5, 5.41) is 3.18. The van der Waals surface area contributed by atoms with Gasteiger partial charge >= 0.3 is 0 Å². The van der Waals surface area contributed by atoms with Gasteiger partial charge in [0.2, 0.25) is 0 Å². The first-order valence-corrected chi connectivity index (χ1v) is 4.84. The van der Waals surface area contributed by atoms with E-state index in [0.29, 0.717) is 17.9 Å². The molecule has 0 aromatic heterocycles. The van der Waals surface area contributed by atoms with Crippen LogP contribution in [0.5, 0.6) is 0 Å². The fourth-order valence-electron chi connectivity index (χ4n) is 1.03. The molecule has 0 saturated heterocycles. The molecule has 0 spiro atoms. The number of hydrogen-bond acceptors (Lipinski definition) is 2. The molecule has 0 aliphatic carbocycles. The molecule has 2 atom stereocenters. The Morgan fingerprint density at radius 3 is 2.08 bits per heavy atom. The van der Waals surface area contributed by atoms with Crippen molar-refractivity contribution in [2.24, 2.45) is 11.8 Å². The first-order chi connectivity index (χ1) is 5.57. The molecular weight excluding hydrogens is 150 g/mol. The zero-order chi connectivity index (χ0) is 9.56. The zero-order valence-corrected chi connectivity index (χ0v) is 9.05. The Morgan fingerprint density at radius 2 is 1.67 bits per heavy atom. The molecule has 0 radical (unpaired) electrons. The van der Waals surface area contributed by atoms with E-state index in [4.69, 9.17) is 4.74 Å². The van der Waals surface area contributed by atoms with Crippen LogP contribution in [0, 0.1) is 11.8 Å². The van der Waals surface area contributed by atoms with Crippen molar-refractivity contribution in [2.75, 3.05) is 20.2 Å². The van der Waals surface area contributed by atoms with Crippen molar-refractivity contribution >= 4 is 0 Å². The van der Waals surface area contributed by atoms with Gasteiger partial charge in [-0.15, -0.1) is 0 Å². The minimum atomic E-state index is 0.356. The van der Waals surface area contributed by atoms with Crippen molar-refractivity contribution in [1.82, 2.24) is 5.32 Å². The Kier molecular flexibility index (Phi) is 6.39. The summed E-state index contributed by atoms with van der Waals surface area (Å²) in [6.07, 6.45) is 0.356. The lowest BCUT2D eigenvalue weighted by Gasteiger charge is -2.20. The van der Waals surface area contributed by atoms with E-state index in [1.807, 2.05) is 7.05 Å². The quantitative estimate of drug-likeness (QED) is 0.662. The Balaban J connectivity index is 3.49. The minimum Gasteiger partial charge on any atom is -0.379 e. The fraction of sp³-hybridized carbons (Fsp3) is 1.00. The molecular formula is C10H23NO. The first-order valence-electron chi connectivity index (χ1n) is 4.84. The molecule has 2 unspecified atom stereocenters. The standard InChI is InChI=1S/C10H23NO/c1-8(2)12-7-10(4)9(3)6-11-5/h8-11H,6-7H2,1-5H3. The van der Waals surface area contributed by atoms with Gasteiger partial charge in [0.1, 0.15) is 0 Å². The van der Waals surface area contributed by atoms with Crippen molar-refractivity contribution < 1.29 is 4.74 Å². The highest BCUT2D eigenvalue weighted by Crippen LogP contribution is 2.10. The lowest BCUT2D eigenvalue weighted by atomic mass is 9.97. The Labute approximate surface area is 76.7 Å². The van der Waals surface area contributed by atoms with Gasteiger partial charge in [-0.25, -0.2) is 0 Å². The summed E-state index contributed by atoms with van der Waals surface area (Å²) in [6.45, 7) is 10.6. The SMILES string of the molecule is CNCC(C)C(C)COC(C)C. The smallest absolute Gasteiger partial charge is 0.0519 e. The molecule has 12 heavy (non-hydrogen) atoms. The normalized spacial score (nSPS) is 16.5. The molecule has 0 aromatic rings. The van der Waals surface area contributed by atoms with E-state index in [2.05, 4.69) is 33.0 Å². The monoisotopic (exact) mass is 173 g/mol. The van der Waals surface area contributed by atoms with Crippen LogP contribution >= 0.6 is 0 Å². The molecule has 0 aromatic carbocycles. The van der Waals surface area contributed by atoms with E-state index >= 15 is 0 Å². The molecule has 0 bridgehead atoms. The average molecular weight is 173 g/mol. The van der Waals surface area contributed by atoms with E-state index in [1.54, 1.807) is 0 Å². The third-order valence-corrected chi connectivity index (χ3v) is 2.19. The number of rotatable bonds is 6. The number of nitrogens with one attached hydrogen (secondary N) is 1. The Morgan fingerprint density at radius 1 is 1.08 bits per heavy atom. The zero-order valence-electron chi connectivity index (χ0n) is 9.05. The average Bonchev–Trinajstić information content (AvgIpc) is 2.00. The maximum Gasteiger partial charge on any atom is 0.0519 e. The largest absolute Gasteiger partial charge is 0.379 e. The fourth-order valence-corrected chi connectivity index (χ4v) is 1.03.